The number of benzene rings is 1. The van der Waals surface area contributed by atoms with E-state index in [2.05, 4.69) is 10.3 Å². The minimum Gasteiger partial charge on any atom is -0.352 e. The Balaban J connectivity index is 1.60. The summed E-state index contributed by atoms with van der Waals surface area (Å²) in [6, 6.07) is 13.8. The number of carbonyl (C=O) groups excluding carboxylic acids is 2. The van der Waals surface area contributed by atoms with E-state index in [1.54, 1.807) is 18.0 Å². The van der Waals surface area contributed by atoms with Crippen LogP contribution in [0.5, 0.6) is 0 Å². The topological polar surface area (TPSA) is 62.3 Å². The number of hydrogen-bond acceptors (Lipinski definition) is 3. The van der Waals surface area contributed by atoms with Crippen molar-refractivity contribution in [3.8, 4) is 11.3 Å². The van der Waals surface area contributed by atoms with E-state index in [1.165, 1.54) is 0 Å². The number of amides is 2. The van der Waals surface area contributed by atoms with Gasteiger partial charge in [0, 0.05) is 38.3 Å². The van der Waals surface area contributed by atoms with Crippen molar-refractivity contribution >= 4 is 11.8 Å². The predicted molar refractivity (Wildman–Crippen MR) is 96.5 cm³/mol. The molecule has 5 nitrogen and oxygen atoms in total. The van der Waals surface area contributed by atoms with Gasteiger partial charge in [0.15, 0.2) is 0 Å². The Morgan fingerprint density at radius 3 is 2.88 bits per heavy atom. The summed E-state index contributed by atoms with van der Waals surface area (Å²) >= 11 is 0. The number of piperidine rings is 1. The van der Waals surface area contributed by atoms with Crippen molar-refractivity contribution in [1.29, 1.82) is 0 Å². The van der Waals surface area contributed by atoms with Crippen LogP contribution in [0.2, 0.25) is 0 Å². The van der Waals surface area contributed by atoms with Gasteiger partial charge in [-0.3, -0.25) is 14.6 Å². The lowest BCUT2D eigenvalue weighted by Gasteiger charge is -2.31. The van der Waals surface area contributed by atoms with Crippen LogP contribution in [0, 0.1) is 5.92 Å². The Labute approximate surface area is 148 Å². The first-order valence-corrected chi connectivity index (χ1v) is 8.67. The number of nitrogens with zero attached hydrogens (tertiary/aromatic N) is 2. The lowest BCUT2D eigenvalue weighted by atomic mass is 9.97. The second kappa shape index (κ2) is 7.92. The summed E-state index contributed by atoms with van der Waals surface area (Å²) in [5, 5.41) is 3.01. The summed E-state index contributed by atoms with van der Waals surface area (Å²) < 4.78 is 0. The van der Waals surface area contributed by atoms with E-state index in [4.69, 9.17) is 0 Å². The molecule has 1 aromatic heterocycles. The summed E-state index contributed by atoms with van der Waals surface area (Å²) in [7, 11) is 0. The van der Waals surface area contributed by atoms with Crippen molar-refractivity contribution in [2.45, 2.75) is 26.3 Å². The van der Waals surface area contributed by atoms with Gasteiger partial charge in [0.1, 0.15) is 0 Å². The van der Waals surface area contributed by atoms with E-state index in [9.17, 15) is 9.59 Å². The fourth-order valence-corrected chi connectivity index (χ4v) is 3.18. The van der Waals surface area contributed by atoms with Crippen molar-refractivity contribution < 1.29 is 9.59 Å². The number of hydrogen-bond donors (Lipinski definition) is 1. The Hall–Kier alpha value is -2.69. The van der Waals surface area contributed by atoms with Crippen LogP contribution in [-0.4, -0.2) is 34.8 Å². The van der Waals surface area contributed by atoms with E-state index >= 15 is 0 Å². The van der Waals surface area contributed by atoms with Crippen molar-refractivity contribution in [3.05, 3.63) is 54.2 Å². The van der Waals surface area contributed by atoms with Gasteiger partial charge in [-0.2, -0.15) is 0 Å². The van der Waals surface area contributed by atoms with E-state index in [0.717, 1.165) is 36.2 Å². The van der Waals surface area contributed by atoms with Gasteiger partial charge in [-0.15, -0.1) is 0 Å². The van der Waals surface area contributed by atoms with Gasteiger partial charge in [-0.05, 0) is 36.6 Å². The summed E-state index contributed by atoms with van der Waals surface area (Å²) in [5.41, 5.74) is 2.99. The number of aromatic nitrogens is 1. The van der Waals surface area contributed by atoms with E-state index in [1.807, 2.05) is 42.5 Å². The molecule has 1 aliphatic heterocycles. The second-order valence-electron chi connectivity index (χ2n) is 6.44. The molecule has 0 spiro atoms. The fraction of sp³-hybridized carbons (Fsp3) is 0.350. The molecule has 0 bridgehead atoms. The monoisotopic (exact) mass is 337 g/mol. The van der Waals surface area contributed by atoms with Gasteiger partial charge in [-0.25, -0.2) is 0 Å². The van der Waals surface area contributed by atoms with Crippen LogP contribution in [0.25, 0.3) is 11.3 Å². The largest absolute Gasteiger partial charge is 0.352 e. The van der Waals surface area contributed by atoms with Crippen molar-refractivity contribution in [2.75, 3.05) is 13.1 Å². The second-order valence-corrected chi connectivity index (χ2v) is 6.44. The lowest BCUT2D eigenvalue weighted by molar-refractivity contribution is -0.134. The van der Waals surface area contributed by atoms with Crippen LogP contribution in [0.15, 0.2) is 48.7 Å². The highest BCUT2D eigenvalue weighted by atomic mass is 16.2. The minimum atomic E-state index is -0.114. The summed E-state index contributed by atoms with van der Waals surface area (Å²) in [4.78, 5) is 30.1. The highest BCUT2D eigenvalue weighted by molar-refractivity contribution is 5.80. The Kier molecular flexibility index (Phi) is 5.43. The molecule has 25 heavy (non-hydrogen) atoms. The number of likely N-dealkylation sites (tertiary alicyclic amines) is 1. The Morgan fingerprint density at radius 2 is 2.12 bits per heavy atom. The zero-order valence-corrected chi connectivity index (χ0v) is 14.4. The predicted octanol–water partition coefficient (Wildman–Crippen LogP) is 2.62. The van der Waals surface area contributed by atoms with Gasteiger partial charge in [-0.1, -0.05) is 24.3 Å². The van der Waals surface area contributed by atoms with E-state index in [-0.39, 0.29) is 17.7 Å². The third-order valence-electron chi connectivity index (χ3n) is 4.59. The molecule has 5 heteroatoms. The average molecular weight is 337 g/mol. The van der Waals surface area contributed by atoms with Crippen LogP contribution >= 0.6 is 0 Å². The molecule has 130 valence electrons. The van der Waals surface area contributed by atoms with Gasteiger partial charge in [0.2, 0.25) is 11.8 Å². The molecule has 1 fully saturated rings. The van der Waals surface area contributed by atoms with Crippen LogP contribution in [0.4, 0.5) is 0 Å². The molecule has 2 aromatic rings. The van der Waals surface area contributed by atoms with Gasteiger partial charge < -0.3 is 10.2 Å². The van der Waals surface area contributed by atoms with E-state index < -0.39 is 0 Å². The number of nitrogens with one attached hydrogen (secondary N) is 1. The lowest BCUT2D eigenvalue weighted by Crippen LogP contribution is -2.44. The van der Waals surface area contributed by atoms with Gasteiger partial charge in [0.05, 0.1) is 11.6 Å². The summed E-state index contributed by atoms with van der Waals surface area (Å²) in [6.45, 7) is 3.32. The van der Waals surface area contributed by atoms with Gasteiger partial charge >= 0.3 is 0 Å². The SMILES string of the molecule is CC(=O)N1CCCC(C(=O)NCc2cccc(-c3ccccn3)c2)C1. The summed E-state index contributed by atoms with van der Waals surface area (Å²) in [5.74, 6) is -0.0497. The van der Waals surface area contributed by atoms with Crippen molar-refractivity contribution in [2.24, 2.45) is 5.92 Å². The molecule has 1 aromatic carbocycles. The molecule has 0 aliphatic carbocycles. The third kappa shape index (κ3) is 4.44. The first-order valence-electron chi connectivity index (χ1n) is 8.67. The van der Waals surface area contributed by atoms with E-state index in [0.29, 0.717) is 13.1 Å². The molecule has 0 saturated carbocycles. The normalized spacial score (nSPS) is 17.2. The Morgan fingerprint density at radius 1 is 1.24 bits per heavy atom. The molecule has 1 unspecified atom stereocenters. The molecule has 1 N–H and O–H groups in total. The molecule has 2 heterocycles. The average Bonchev–Trinajstić information content (AvgIpc) is 2.67. The molecule has 1 atom stereocenters. The molecular weight excluding hydrogens is 314 g/mol. The van der Waals surface area contributed by atoms with Crippen LogP contribution in [0.3, 0.4) is 0 Å². The first-order chi connectivity index (χ1) is 12.1. The maximum Gasteiger partial charge on any atom is 0.225 e. The number of carbonyl (C=O) groups is 2. The zero-order chi connectivity index (χ0) is 17.6. The smallest absolute Gasteiger partial charge is 0.225 e. The molecule has 1 saturated heterocycles. The molecular formula is C20H23N3O2. The van der Waals surface area contributed by atoms with Gasteiger partial charge in [0.25, 0.3) is 0 Å². The highest BCUT2D eigenvalue weighted by Crippen LogP contribution is 2.19. The number of rotatable bonds is 4. The molecule has 3 rings (SSSR count). The maximum atomic E-state index is 12.4. The van der Waals surface area contributed by atoms with Crippen molar-refractivity contribution in [3.63, 3.8) is 0 Å². The van der Waals surface area contributed by atoms with Crippen LogP contribution in [-0.2, 0) is 16.1 Å². The quantitative estimate of drug-likeness (QED) is 0.933. The molecule has 2 amide bonds. The first kappa shape index (κ1) is 17.1. The zero-order valence-electron chi connectivity index (χ0n) is 14.4. The van der Waals surface area contributed by atoms with Crippen LogP contribution in [0.1, 0.15) is 25.3 Å². The van der Waals surface area contributed by atoms with Crippen molar-refractivity contribution in [1.82, 2.24) is 15.2 Å². The maximum absolute atomic E-state index is 12.4. The Bertz CT molecular complexity index is 746. The third-order valence-corrected chi connectivity index (χ3v) is 4.59. The van der Waals surface area contributed by atoms with Crippen LogP contribution < -0.4 is 5.32 Å². The number of pyridine rings is 1. The summed E-state index contributed by atoms with van der Waals surface area (Å²) in [6.07, 6.45) is 3.49. The molecule has 1 aliphatic rings. The molecule has 0 radical (unpaired) electrons. The fourth-order valence-electron chi connectivity index (χ4n) is 3.18. The standard InChI is InChI=1S/C20H23N3O2/c1-15(24)23-11-5-8-18(14-23)20(25)22-13-16-6-4-7-17(12-16)19-9-2-3-10-21-19/h2-4,6-7,9-10,12,18H,5,8,11,13-14H2,1H3,(H,22,25). The highest BCUT2D eigenvalue weighted by Gasteiger charge is 2.26. The minimum absolute atomic E-state index is 0.0224.